The molecule has 0 fully saturated rings. The first-order valence-corrected chi connectivity index (χ1v) is 7.29. The zero-order valence-corrected chi connectivity index (χ0v) is 13.0. The minimum absolute atomic E-state index is 0.562. The van der Waals surface area contributed by atoms with Crippen LogP contribution in [0.2, 0.25) is 0 Å². The Hall–Kier alpha value is -2.00. The zero-order chi connectivity index (χ0) is 15.1. The standard InChI is InChI=1S/C18H23NO2/c1-4-19-12-16-11-14(2)5-10-18(16)21-13-15-6-8-17(20-3)9-7-15/h5-11,19H,4,12-13H2,1-3H3. The van der Waals surface area contributed by atoms with Crippen molar-refractivity contribution < 1.29 is 9.47 Å². The SMILES string of the molecule is CCNCc1cc(C)ccc1OCc1ccc(OC)cc1. The summed E-state index contributed by atoms with van der Waals surface area (Å²) in [5.41, 5.74) is 3.58. The summed E-state index contributed by atoms with van der Waals surface area (Å²) >= 11 is 0. The fourth-order valence-corrected chi connectivity index (χ4v) is 2.13. The van der Waals surface area contributed by atoms with Crippen LogP contribution in [0.4, 0.5) is 0 Å². The third-order valence-electron chi connectivity index (χ3n) is 3.33. The highest BCUT2D eigenvalue weighted by Gasteiger charge is 2.04. The van der Waals surface area contributed by atoms with Gasteiger partial charge in [-0.15, -0.1) is 0 Å². The van der Waals surface area contributed by atoms with Gasteiger partial charge in [0.1, 0.15) is 18.1 Å². The van der Waals surface area contributed by atoms with Crippen LogP contribution in [0, 0.1) is 6.92 Å². The van der Waals surface area contributed by atoms with Crippen molar-refractivity contribution in [1.82, 2.24) is 5.32 Å². The van der Waals surface area contributed by atoms with Gasteiger partial charge in [-0.1, -0.05) is 36.8 Å². The van der Waals surface area contributed by atoms with Crippen LogP contribution in [0.15, 0.2) is 42.5 Å². The molecular weight excluding hydrogens is 262 g/mol. The lowest BCUT2D eigenvalue weighted by Crippen LogP contribution is -2.13. The predicted molar refractivity (Wildman–Crippen MR) is 85.9 cm³/mol. The average Bonchev–Trinajstić information content (AvgIpc) is 2.52. The molecule has 0 aromatic heterocycles. The fourth-order valence-electron chi connectivity index (χ4n) is 2.13. The maximum Gasteiger partial charge on any atom is 0.124 e. The Morgan fingerprint density at radius 3 is 2.48 bits per heavy atom. The van der Waals surface area contributed by atoms with Crippen molar-refractivity contribution in [3.05, 3.63) is 59.2 Å². The second-order valence-electron chi connectivity index (χ2n) is 5.03. The highest BCUT2D eigenvalue weighted by Crippen LogP contribution is 2.21. The summed E-state index contributed by atoms with van der Waals surface area (Å²) < 4.78 is 11.1. The molecule has 3 nitrogen and oxygen atoms in total. The molecule has 2 rings (SSSR count). The highest BCUT2D eigenvalue weighted by atomic mass is 16.5. The zero-order valence-electron chi connectivity index (χ0n) is 13.0. The molecule has 0 saturated heterocycles. The van der Waals surface area contributed by atoms with Gasteiger partial charge in [0.25, 0.3) is 0 Å². The predicted octanol–water partition coefficient (Wildman–Crippen LogP) is 3.69. The van der Waals surface area contributed by atoms with E-state index in [1.807, 2.05) is 30.3 Å². The van der Waals surface area contributed by atoms with Gasteiger partial charge in [0.15, 0.2) is 0 Å². The molecule has 0 radical (unpaired) electrons. The lowest BCUT2D eigenvalue weighted by Gasteiger charge is -2.13. The van der Waals surface area contributed by atoms with Gasteiger partial charge < -0.3 is 14.8 Å². The number of aryl methyl sites for hydroxylation is 1. The molecule has 21 heavy (non-hydrogen) atoms. The molecule has 1 N–H and O–H groups in total. The maximum atomic E-state index is 5.97. The third kappa shape index (κ3) is 4.50. The molecule has 0 heterocycles. The number of rotatable bonds is 7. The van der Waals surface area contributed by atoms with E-state index >= 15 is 0 Å². The molecule has 0 aliphatic carbocycles. The van der Waals surface area contributed by atoms with Gasteiger partial charge >= 0.3 is 0 Å². The van der Waals surface area contributed by atoms with E-state index in [2.05, 4.69) is 31.3 Å². The summed E-state index contributed by atoms with van der Waals surface area (Å²) in [6.45, 7) is 6.55. The van der Waals surface area contributed by atoms with Gasteiger partial charge in [-0.3, -0.25) is 0 Å². The molecule has 0 bridgehead atoms. The first-order valence-electron chi connectivity index (χ1n) is 7.29. The number of hydrogen-bond acceptors (Lipinski definition) is 3. The van der Waals surface area contributed by atoms with Crippen molar-refractivity contribution in [2.24, 2.45) is 0 Å². The molecule has 0 unspecified atom stereocenters. The molecule has 2 aromatic carbocycles. The second-order valence-corrected chi connectivity index (χ2v) is 5.03. The molecule has 2 aromatic rings. The summed E-state index contributed by atoms with van der Waals surface area (Å²) in [6, 6.07) is 14.3. The first-order chi connectivity index (χ1) is 10.2. The van der Waals surface area contributed by atoms with Gasteiger partial charge in [-0.05, 0) is 37.2 Å². The van der Waals surface area contributed by atoms with Crippen LogP contribution in [0.3, 0.4) is 0 Å². The van der Waals surface area contributed by atoms with E-state index in [0.29, 0.717) is 6.61 Å². The Kier molecular flexibility index (Phi) is 5.64. The minimum Gasteiger partial charge on any atom is -0.497 e. The maximum absolute atomic E-state index is 5.97. The van der Waals surface area contributed by atoms with Gasteiger partial charge in [0.05, 0.1) is 7.11 Å². The number of methoxy groups -OCH3 is 1. The van der Waals surface area contributed by atoms with Crippen LogP contribution in [0.1, 0.15) is 23.6 Å². The molecule has 3 heteroatoms. The van der Waals surface area contributed by atoms with Crippen molar-refractivity contribution in [2.45, 2.75) is 27.0 Å². The second kappa shape index (κ2) is 7.70. The van der Waals surface area contributed by atoms with Crippen molar-refractivity contribution >= 4 is 0 Å². The fraction of sp³-hybridized carbons (Fsp3) is 0.333. The number of nitrogens with one attached hydrogen (secondary N) is 1. The minimum atomic E-state index is 0.562. The Bertz CT molecular complexity index is 564. The van der Waals surface area contributed by atoms with E-state index in [0.717, 1.165) is 30.2 Å². The lowest BCUT2D eigenvalue weighted by molar-refractivity contribution is 0.302. The number of benzene rings is 2. The average molecular weight is 285 g/mol. The first kappa shape index (κ1) is 15.4. The van der Waals surface area contributed by atoms with Crippen LogP contribution >= 0.6 is 0 Å². The normalized spacial score (nSPS) is 10.4. The smallest absolute Gasteiger partial charge is 0.124 e. The molecule has 0 saturated carbocycles. The molecule has 0 amide bonds. The van der Waals surface area contributed by atoms with E-state index in [4.69, 9.17) is 9.47 Å². The van der Waals surface area contributed by atoms with Gasteiger partial charge in [0, 0.05) is 12.1 Å². The Balaban J connectivity index is 2.04. The van der Waals surface area contributed by atoms with E-state index in [9.17, 15) is 0 Å². The van der Waals surface area contributed by atoms with Gasteiger partial charge in [-0.25, -0.2) is 0 Å². The van der Waals surface area contributed by atoms with Crippen molar-refractivity contribution in [3.8, 4) is 11.5 Å². The van der Waals surface area contributed by atoms with E-state index in [1.165, 1.54) is 11.1 Å². The molecule has 112 valence electrons. The van der Waals surface area contributed by atoms with E-state index in [1.54, 1.807) is 7.11 Å². The number of ether oxygens (including phenoxy) is 2. The Morgan fingerprint density at radius 2 is 1.81 bits per heavy atom. The topological polar surface area (TPSA) is 30.5 Å². The van der Waals surface area contributed by atoms with Crippen molar-refractivity contribution in [3.63, 3.8) is 0 Å². The third-order valence-corrected chi connectivity index (χ3v) is 3.33. The Morgan fingerprint density at radius 1 is 1.05 bits per heavy atom. The van der Waals surface area contributed by atoms with Crippen molar-refractivity contribution in [1.29, 1.82) is 0 Å². The van der Waals surface area contributed by atoms with Crippen LogP contribution < -0.4 is 14.8 Å². The molecule has 0 atom stereocenters. The van der Waals surface area contributed by atoms with E-state index < -0.39 is 0 Å². The van der Waals surface area contributed by atoms with Crippen LogP contribution in [0.5, 0.6) is 11.5 Å². The monoisotopic (exact) mass is 285 g/mol. The quantitative estimate of drug-likeness (QED) is 0.841. The molecular formula is C18H23NO2. The summed E-state index contributed by atoms with van der Waals surface area (Å²) in [6.07, 6.45) is 0. The molecule has 0 spiro atoms. The van der Waals surface area contributed by atoms with E-state index in [-0.39, 0.29) is 0 Å². The summed E-state index contributed by atoms with van der Waals surface area (Å²) in [4.78, 5) is 0. The lowest BCUT2D eigenvalue weighted by atomic mass is 10.1. The van der Waals surface area contributed by atoms with Crippen molar-refractivity contribution in [2.75, 3.05) is 13.7 Å². The van der Waals surface area contributed by atoms with Gasteiger partial charge in [-0.2, -0.15) is 0 Å². The van der Waals surface area contributed by atoms with Gasteiger partial charge in [0.2, 0.25) is 0 Å². The summed E-state index contributed by atoms with van der Waals surface area (Å²) in [5.74, 6) is 1.80. The Labute approximate surface area is 126 Å². The van der Waals surface area contributed by atoms with Crippen LogP contribution in [-0.4, -0.2) is 13.7 Å². The molecule has 0 aliphatic rings. The van der Waals surface area contributed by atoms with Crippen LogP contribution in [0.25, 0.3) is 0 Å². The molecule has 0 aliphatic heterocycles. The number of hydrogen-bond donors (Lipinski definition) is 1. The summed E-state index contributed by atoms with van der Waals surface area (Å²) in [7, 11) is 1.67. The highest BCUT2D eigenvalue weighted by molar-refractivity contribution is 5.37. The van der Waals surface area contributed by atoms with Crippen LogP contribution in [-0.2, 0) is 13.2 Å². The summed E-state index contributed by atoms with van der Waals surface area (Å²) in [5, 5.41) is 3.35. The largest absolute Gasteiger partial charge is 0.497 e.